The smallest absolute Gasteiger partial charge is 0.271 e. The van der Waals surface area contributed by atoms with Gasteiger partial charge in [0, 0.05) is 26.7 Å². The van der Waals surface area contributed by atoms with Crippen LogP contribution in [0, 0.1) is 0 Å². The Morgan fingerprint density at radius 2 is 1.66 bits per heavy atom. The first-order valence-electron chi connectivity index (χ1n) is 13.4. The van der Waals surface area contributed by atoms with Gasteiger partial charge in [-0.15, -0.1) is 0 Å². The Morgan fingerprint density at radius 3 is 2.51 bits per heavy atom. The number of rotatable bonds is 5. The molecule has 7 heteroatoms. The molecule has 1 aliphatic carbocycles. The maximum atomic E-state index is 14.1. The summed E-state index contributed by atoms with van der Waals surface area (Å²) in [6.07, 6.45) is 3.65. The number of hydrogen-bond acceptors (Lipinski definition) is 4. The molecule has 1 aliphatic heterocycles. The number of fused-ring (bicyclic) bond motifs is 3. The normalized spacial score (nSPS) is 16.0. The fourth-order valence-electron chi connectivity index (χ4n) is 5.61. The van der Waals surface area contributed by atoms with Gasteiger partial charge in [0.1, 0.15) is 12.4 Å². The molecule has 1 unspecified atom stereocenters. The number of para-hydroxylation sites is 1. The van der Waals surface area contributed by atoms with E-state index in [-0.39, 0.29) is 11.6 Å². The number of hydrogen-bond donors (Lipinski definition) is 0. The molecule has 2 heterocycles. The standard InChI is InChI=1S/C34H24Cl2N2O2S/c35-25-16-13-22(14-17-25)32-27-18-15-21-7-1-4-10-26(21)31(27)37-34-38(32)33(39)30(41-34)19-23-8-3-6-12-29(23)40-20-24-9-2-5-11-28(24)36/h1-14,16-17,19,32H,15,18,20H2/b30-19+. The topological polar surface area (TPSA) is 43.6 Å². The van der Waals surface area contributed by atoms with Crippen LogP contribution in [0.3, 0.4) is 0 Å². The molecule has 202 valence electrons. The van der Waals surface area contributed by atoms with Crippen LogP contribution in [0.5, 0.6) is 5.75 Å². The number of halogens is 2. The van der Waals surface area contributed by atoms with E-state index in [1.807, 2.05) is 83.4 Å². The third kappa shape index (κ3) is 4.84. The number of ether oxygens (including phenoxy) is 1. The fraction of sp³-hybridized carbons (Fsp3) is 0.118. The van der Waals surface area contributed by atoms with Gasteiger partial charge in [-0.05, 0) is 59.9 Å². The molecule has 0 fully saturated rings. The van der Waals surface area contributed by atoms with E-state index in [1.165, 1.54) is 16.9 Å². The number of thiazole rings is 1. The molecule has 2 aliphatic rings. The van der Waals surface area contributed by atoms with E-state index in [1.54, 1.807) is 0 Å². The van der Waals surface area contributed by atoms with Crippen molar-refractivity contribution in [2.75, 3.05) is 0 Å². The molecule has 0 radical (unpaired) electrons. The van der Waals surface area contributed by atoms with Crippen molar-refractivity contribution in [3.05, 3.63) is 160 Å². The summed E-state index contributed by atoms with van der Waals surface area (Å²) < 4.78 is 8.62. The molecule has 0 saturated heterocycles. The molecule has 4 nitrogen and oxygen atoms in total. The first-order valence-corrected chi connectivity index (χ1v) is 15.0. The van der Waals surface area contributed by atoms with Gasteiger partial charge in [0.25, 0.3) is 5.56 Å². The minimum absolute atomic E-state index is 0.0694. The number of aromatic nitrogens is 1. The average Bonchev–Trinajstić information content (AvgIpc) is 3.31. The van der Waals surface area contributed by atoms with E-state index in [0.29, 0.717) is 31.7 Å². The van der Waals surface area contributed by atoms with E-state index in [2.05, 4.69) is 24.3 Å². The van der Waals surface area contributed by atoms with Crippen molar-refractivity contribution in [2.45, 2.75) is 25.5 Å². The van der Waals surface area contributed by atoms with E-state index < -0.39 is 0 Å². The third-order valence-corrected chi connectivity index (χ3v) is 9.21. The minimum Gasteiger partial charge on any atom is -0.488 e. The summed E-state index contributed by atoms with van der Waals surface area (Å²) in [6.45, 7) is 0.328. The maximum Gasteiger partial charge on any atom is 0.271 e. The summed E-state index contributed by atoms with van der Waals surface area (Å²) in [6, 6.07) is 31.3. The Kier molecular flexibility index (Phi) is 6.87. The van der Waals surface area contributed by atoms with Gasteiger partial charge < -0.3 is 4.74 Å². The Hall–Kier alpha value is -3.90. The second-order valence-corrected chi connectivity index (χ2v) is 11.9. The molecule has 7 rings (SSSR count). The van der Waals surface area contributed by atoms with Gasteiger partial charge in [-0.1, -0.05) is 107 Å². The maximum absolute atomic E-state index is 14.1. The van der Waals surface area contributed by atoms with Crippen LogP contribution in [0.4, 0.5) is 0 Å². The van der Waals surface area contributed by atoms with Crippen molar-refractivity contribution in [3.8, 4) is 5.75 Å². The first-order chi connectivity index (χ1) is 20.1. The predicted octanol–water partition coefficient (Wildman–Crippen LogP) is 7.20. The van der Waals surface area contributed by atoms with Gasteiger partial charge in [-0.2, -0.15) is 0 Å². The number of aryl methyl sites for hydroxylation is 1. The van der Waals surface area contributed by atoms with Crippen LogP contribution in [0.1, 0.15) is 40.3 Å². The molecular weight excluding hydrogens is 571 g/mol. The largest absolute Gasteiger partial charge is 0.488 e. The molecular formula is C34H24Cl2N2O2S. The third-order valence-electron chi connectivity index (χ3n) is 7.61. The zero-order chi connectivity index (χ0) is 27.9. The van der Waals surface area contributed by atoms with Crippen LogP contribution >= 0.6 is 34.5 Å². The monoisotopic (exact) mass is 594 g/mol. The van der Waals surface area contributed by atoms with Crippen molar-refractivity contribution < 1.29 is 4.74 Å². The Morgan fingerprint density at radius 1 is 0.902 bits per heavy atom. The molecule has 0 bridgehead atoms. The summed E-state index contributed by atoms with van der Waals surface area (Å²) in [5, 5.41) is 1.32. The van der Waals surface area contributed by atoms with Crippen molar-refractivity contribution in [1.82, 2.24) is 4.57 Å². The molecule has 0 spiro atoms. The molecule has 5 aromatic rings. The van der Waals surface area contributed by atoms with Gasteiger partial charge >= 0.3 is 0 Å². The van der Waals surface area contributed by atoms with Gasteiger partial charge in [0.05, 0.1) is 16.3 Å². The quantitative estimate of drug-likeness (QED) is 0.216. The molecule has 1 atom stereocenters. The highest BCUT2D eigenvalue weighted by atomic mass is 35.5. The molecule has 1 aromatic heterocycles. The summed E-state index contributed by atoms with van der Waals surface area (Å²) in [5.74, 6) is 0.681. The van der Waals surface area contributed by atoms with E-state index in [0.717, 1.165) is 46.4 Å². The van der Waals surface area contributed by atoms with Gasteiger partial charge in [-0.25, -0.2) is 4.99 Å². The zero-order valence-corrected chi connectivity index (χ0v) is 24.2. The Bertz CT molecular complexity index is 2010. The van der Waals surface area contributed by atoms with Crippen LogP contribution in [0.2, 0.25) is 10.0 Å². The van der Waals surface area contributed by atoms with Crippen LogP contribution in [-0.2, 0) is 13.0 Å². The summed E-state index contributed by atoms with van der Waals surface area (Å²) >= 11 is 14.0. The Labute approximate surface area is 251 Å². The summed E-state index contributed by atoms with van der Waals surface area (Å²) in [5.41, 5.74) is 7.24. The minimum atomic E-state index is -0.249. The first kappa shape index (κ1) is 26.0. The van der Waals surface area contributed by atoms with E-state index in [4.69, 9.17) is 32.9 Å². The lowest BCUT2D eigenvalue weighted by Gasteiger charge is -2.30. The SMILES string of the molecule is O=c1/c(=C\c2ccccc2OCc2ccccc2Cl)sc2n1C(c1ccc(Cl)cc1)C1=C(N=2)c2ccccc2CC1. The Balaban J connectivity index is 1.36. The van der Waals surface area contributed by atoms with Crippen molar-refractivity contribution >= 4 is 46.3 Å². The second kappa shape index (κ2) is 10.8. The van der Waals surface area contributed by atoms with Gasteiger partial charge in [0.15, 0.2) is 4.80 Å². The molecule has 4 aromatic carbocycles. The van der Waals surface area contributed by atoms with E-state index in [9.17, 15) is 4.79 Å². The fourth-order valence-corrected chi connectivity index (χ4v) is 6.92. The predicted molar refractivity (Wildman–Crippen MR) is 166 cm³/mol. The second-order valence-electron chi connectivity index (χ2n) is 10.1. The lowest BCUT2D eigenvalue weighted by atomic mass is 9.83. The van der Waals surface area contributed by atoms with Crippen LogP contribution in [-0.4, -0.2) is 4.57 Å². The van der Waals surface area contributed by atoms with Crippen LogP contribution < -0.4 is 19.6 Å². The van der Waals surface area contributed by atoms with Crippen molar-refractivity contribution in [2.24, 2.45) is 4.99 Å². The number of nitrogens with zero attached hydrogens (tertiary/aromatic N) is 2. The highest BCUT2D eigenvalue weighted by Gasteiger charge is 2.32. The highest BCUT2D eigenvalue weighted by Crippen LogP contribution is 2.41. The highest BCUT2D eigenvalue weighted by molar-refractivity contribution is 7.07. The molecule has 0 amide bonds. The number of benzene rings is 4. The lowest BCUT2D eigenvalue weighted by Crippen LogP contribution is -2.38. The van der Waals surface area contributed by atoms with Gasteiger partial charge in [0.2, 0.25) is 0 Å². The molecule has 0 saturated carbocycles. The molecule has 0 N–H and O–H groups in total. The molecule has 41 heavy (non-hydrogen) atoms. The van der Waals surface area contributed by atoms with E-state index >= 15 is 0 Å². The van der Waals surface area contributed by atoms with Crippen molar-refractivity contribution in [1.29, 1.82) is 0 Å². The van der Waals surface area contributed by atoms with Gasteiger partial charge in [-0.3, -0.25) is 9.36 Å². The summed E-state index contributed by atoms with van der Waals surface area (Å²) in [7, 11) is 0. The zero-order valence-electron chi connectivity index (χ0n) is 21.9. The van der Waals surface area contributed by atoms with Crippen molar-refractivity contribution in [3.63, 3.8) is 0 Å². The number of allylic oxidation sites excluding steroid dienone is 1. The average molecular weight is 596 g/mol. The van der Waals surface area contributed by atoms with Crippen LogP contribution in [0.15, 0.2) is 112 Å². The lowest BCUT2D eigenvalue weighted by molar-refractivity contribution is 0.305. The van der Waals surface area contributed by atoms with Crippen LogP contribution in [0.25, 0.3) is 11.8 Å². The summed E-state index contributed by atoms with van der Waals surface area (Å²) in [4.78, 5) is 19.9.